The van der Waals surface area contributed by atoms with Gasteiger partial charge in [-0.2, -0.15) is 4.31 Å². The molecular formula is C21H31N5O3S2. The number of aryl methyl sites for hydroxylation is 1. The molecule has 1 saturated carbocycles. The van der Waals surface area contributed by atoms with Crippen LogP contribution >= 0.6 is 11.8 Å². The molecule has 1 aliphatic carbocycles. The molecule has 3 rings (SSSR count). The number of thioether (sulfide) groups is 1. The van der Waals surface area contributed by atoms with Crippen LogP contribution in [-0.4, -0.2) is 52.2 Å². The lowest BCUT2D eigenvalue weighted by atomic mass is 9.95. The number of hydrogen-bond donors (Lipinski definition) is 1. The number of nitrogens with one attached hydrogen (secondary N) is 1. The number of aromatic nitrogens is 3. The zero-order valence-electron chi connectivity index (χ0n) is 18.5. The maximum atomic E-state index is 12.6. The van der Waals surface area contributed by atoms with E-state index in [-0.39, 0.29) is 22.6 Å². The summed E-state index contributed by atoms with van der Waals surface area (Å²) >= 11 is 1.38. The molecule has 170 valence electrons. The zero-order chi connectivity index (χ0) is 22.6. The molecule has 1 aromatic carbocycles. The van der Waals surface area contributed by atoms with Gasteiger partial charge in [0.1, 0.15) is 5.82 Å². The summed E-state index contributed by atoms with van der Waals surface area (Å²) in [4.78, 5) is 12.6. The predicted octanol–water partition coefficient (Wildman–Crippen LogP) is 3.85. The fraction of sp³-hybridized carbons (Fsp3) is 0.571. The molecule has 0 saturated heterocycles. The monoisotopic (exact) mass is 465 g/mol. The molecule has 1 aliphatic rings. The van der Waals surface area contributed by atoms with Crippen LogP contribution in [0.3, 0.4) is 0 Å². The molecule has 0 radical (unpaired) electrons. The number of nitrogens with zero attached hydrogens (tertiary/aromatic N) is 4. The molecule has 8 nitrogen and oxygen atoms in total. The van der Waals surface area contributed by atoms with E-state index in [4.69, 9.17) is 0 Å². The van der Waals surface area contributed by atoms with E-state index < -0.39 is 10.0 Å². The van der Waals surface area contributed by atoms with Gasteiger partial charge >= 0.3 is 0 Å². The Balaban J connectivity index is 1.60. The van der Waals surface area contributed by atoms with Gasteiger partial charge in [0, 0.05) is 24.8 Å². The van der Waals surface area contributed by atoms with Gasteiger partial charge in [0.15, 0.2) is 5.16 Å². The van der Waals surface area contributed by atoms with Gasteiger partial charge in [-0.15, -0.1) is 10.2 Å². The number of carbonyl (C=O) groups excluding carboxylic acids is 1. The molecule has 1 heterocycles. The number of sulfonamides is 1. The van der Waals surface area contributed by atoms with E-state index in [2.05, 4.69) is 20.1 Å². The SMILES string of the molecule is Cc1nnc(SCC(=O)Nc2ccc(S(=O)(=O)N(C)C(C)C)cc2)n1C1CCCCC1. The van der Waals surface area contributed by atoms with Gasteiger partial charge in [-0.25, -0.2) is 8.42 Å². The van der Waals surface area contributed by atoms with Gasteiger partial charge in [-0.05, 0) is 57.9 Å². The Kier molecular flexibility index (Phi) is 7.77. The van der Waals surface area contributed by atoms with Gasteiger partial charge in [-0.3, -0.25) is 4.79 Å². The molecule has 1 amide bonds. The highest BCUT2D eigenvalue weighted by atomic mass is 32.2. The lowest BCUT2D eigenvalue weighted by molar-refractivity contribution is -0.113. The van der Waals surface area contributed by atoms with Crippen LogP contribution in [0.2, 0.25) is 0 Å². The van der Waals surface area contributed by atoms with Crippen molar-refractivity contribution < 1.29 is 13.2 Å². The molecule has 0 atom stereocenters. The molecule has 0 bridgehead atoms. The van der Waals surface area contributed by atoms with E-state index in [1.165, 1.54) is 47.5 Å². The topological polar surface area (TPSA) is 97.2 Å². The van der Waals surface area contributed by atoms with E-state index in [0.29, 0.717) is 11.7 Å². The highest BCUT2D eigenvalue weighted by Gasteiger charge is 2.23. The second-order valence-corrected chi connectivity index (χ2v) is 11.1. The molecule has 1 N–H and O–H groups in total. The fourth-order valence-corrected chi connectivity index (χ4v) is 5.91. The molecule has 2 aromatic rings. The van der Waals surface area contributed by atoms with Gasteiger partial charge in [-0.1, -0.05) is 31.0 Å². The molecule has 1 fully saturated rings. The fourth-order valence-electron chi connectivity index (χ4n) is 3.69. The first-order valence-corrected chi connectivity index (χ1v) is 13.0. The van der Waals surface area contributed by atoms with Crippen LogP contribution in [0.15, 0.2) is 34.3 Å². The van der Waals surface area contributed by atoms with Gasteiger partial charge in [0.25, 0.3) is 0 Å². The number of rotatable bonds is 8. The Morgan fingerprint density at radius 2 is 1.84 bits per heavy atom. The van der Waals surface area contributed by atoms with Gasteiger partial charge in [0.05, 0.1) is 10.6 Å². The molecule has 10 heteroatoms. The molecule has 1 aromatic heterocycles. The normalized spacial score (nSPS) is 15.5. The van der Waals surface area contributed by atoms with Crippen LogP contribution in [0.1, 0.15) is 57.8 Å². The largest absolute Gasteiger partial charge is 0.325 e. The summed E-state index contributed by atoms with van der Waals surface area (Å²) in [5.74, 6) is 0.926. The van der Waals surface area contributed by atoms with Crippen molar-refractivity contribution >= 4 is 33.4 Å². The van der Waals surface area contributed by atoms with Crippen LogP contribution in [0.25, 0.3) is 0 Å². The minimum atomic E-state index is -3.54. The summed E-state index contributed by atoms with van der Waals surface area (Å²) in [6.07, 6.45) is 5.95. The van der Waals surface area contributed by atoms with Crippen LogP contribution in [0.5, 0.6) is 0 Å². The standard InChI is InChI=1S/C21H31N5O3S2/c1-15(2)25(4)31(28,29)19-12-10-17(11-13-19)22-20(27)14-30-21-24-23-16(3)26(21)18-8-6-5-7-9-18/h10-13,15,18H,5-9,14H2,1-4H3,(H,22,27). The number of hydrogen-bond acceptors (Lipinski definition) is 6. The van der Waals surface area contributed by atoms with Crippen molar-refractivity contribution in [3.63, 3.8) is 0 Å². The molecule has 0 aliphatic heterocycles. The van der Waals surface area contributed by atoms with Crippen molar-refractivity contribution in [2.75, 3.05) is 18.1 Å². The summed E-state index contributed by atoms with van der Waals surface area (Å²) < 4.78 is 28.6. The highest BCUT2D eigenvalue weighted by molar-refractivity contribution is 7.99. The third-order valence-corrected chi connectivity index (χ3v) is 8.64. The van der Waals surface area contributed by atoms with Crippen molar-refractivity contribution in [2.24, 2.45) is 0 Å². The van der Waals surface area contributed by atoms with Crippen LogP contribution < -0.4 is 5.32 Å². The van der Waals surface area contributed by atoms with Crippen molar-refractivity contribution in [3.05, 3.63) is 30.1 Å². The second kappa shape index (κ2) is 10.1. The first-order chi connectivity index (χ1) is 14.7. The first-order valence-electron chi connectivity index (χ1n) is 10.6. The quantitative estimate of drug-likeness (QED) is 0.595. The number of carbonyl (C=O) groups is 1. The van der Waals surface area contributed by atoms with Gasteiger partial charge in [0.2, 0.25) is 15.9 Å². The molecule has 0 spiro atoms. The first kappa shape index (κ1) is 23.7. The lowest BCUT2D eigenvalue weighted by Crippen LogP contribution is -2.33. The van der Waals surface area contributed by atoms with E-state index >= 15 is 0 Å². The number of amides is 1. The van der Waals surface area contributed by atoms with Crippen molar-refractivity contribution in [1.29, 1.82) is 0 Å². The predicted molar refractivity (Wildman–Crippen MR) is 123 cm³/mol. The summed E-state index contributed by atoms with van der Waals surface area (Å²) in [6.45, 7) is 5.60. The Bertz CT molecular complexity index is 997. The summed E-state index contributed by atoms with van der Waals surface area (Å²) in [6, 6.07) is 6.52. The second-order valence-electron chi connectivity index (χ2n) is 8.17. The summed E-state index contributed by atoms with van der Waals surface area (Å²) in [5, 5.41) is 12.1. The third kappa shape index (κ3) is 5.67. The van der Waals surface area contributed by atoms with Crippen LogP contribution in [-0.2, 0) is 14.8 Å². The maximum absolute atomic E-state index is 12.6. The zero-order valence-corrected chi connectivity index (χ0v) is 20.2. The van der Waals surface area contributed by atoms with Crippen molar-refractivity contribution in [2.45, 2.75) is 75.0 Å². The van der Waals surface area contributed by atoms with Crippen molar-refractivity contribution in [1.82, 2.24) is 19.1 Å². The average molecular weight is 466 g/mol. The summed E-state index contributed by atoms with van der Waals surface area (Å²) in [5.41, 5.74) is 0.557. The molecule has 31 heavy (non-hydrogen) atoms. The van der Waals surface area contributed by atoms with E-state index in [1.807, 2.05) is 20.8 Å². The average Bonchev–Trinajstić information content (AvgIpc) is 3.13. The molecular weight excluding hydrogens is 434 g/mol. The summed E-state index contributed by atoms with van der Waals surface area (Å²) in [7, 11) is -1.99. The van der Waals surface area contributed by atoms with Crippen molar-refractivity contribution in [3.8, 4) is 0 Å². The Morgan fingerprint density at radius 3 is 2.45 bits per heavy atom. The number of anilines is 1. The smallest absolute Gasteiger partial charge is 0.243 e. The maximum Gasteiger partial charge on any atom is 0.243 e. The van der Waals surface area contributed by atoms with Crippen LogP contribution in [0.4, 0.5) is 5.69 Å². The van der Waals surface area contributed by atoms with E-state index in [9.17, 15) is 13.2 Å². The van der Waals surface area contributed by atoms with E-state index in [1.54, 1.807) is 19.2 Å². The Hall–Kier alpha value is -1.91. The van der Waals surface area contributed by atoms with Crippen LogP contribution in [0, 0.1) is 6.92 Å². The van der Waals surface area contributed by atoms with E-state index in [0.717, 1.165) is 23.8 Å². The van der Waals surface area contributed by atoms with Gasteiger partial charge < -0.3 is 9.88 Å². The number of benzene rings is 1. The minimum absolute atomic E-state index is 0.138. The minimum Gasteiger partial charge on any atom is -0.325 e. The third-order valence-electron chi connectivity index (χ3n) is 5.65. The Labute approximate surface area is 188 Å². The Morgan fingerprint density at radius 1 is 1.19 bits per heavy atom. The lowest BCUT2D eigenvalue weighted by Gasteiger charge is -2.24. The molecule has 0 unspecified atom stereocenters. The highest BCUT2D eigenvalue weighted by Crippen LogP contribution is 2.32.